The fraction of sp³-hybridized carbons (Fsp3) is 0.130. The Balaban J connectivity index is 1.43. The van der Waals surface area contributed by atoms with Gasteiger partial charge in [-0.05, 0) is 134 Å². The molecule has 0 aliphatic carbocycles. The van der Waals surface area contributed by atoms with Gasteiger partial charge in [-0.1, -0.05) is 96.1 Å². The van der Waals surface area contributed by atoms with Gasteiger partial charge in [0.25, 0.3) is 0 Å². The first-order valence-corrected chi connectivity index (χ1v) is 16.9. The van der Waals surface area contributed by atoms with Gasteiger partial charge in [-0.2, -0.15) is 0 Å². The van der Waals surface area contributed by atoms with Crippen molar-refractivity contribution < 1.29 is 0 Å². The van der Waals surface area contributed by atoms with Gasteiger partial charge in [-0.25, -0.2) is 0 Å². The SMILES string of the molecule is Cc1ccc(N(c2cc(C)ccc2C)c2ccc3ccc4c(N(c5ccc(C)cc5)c5cc(C)ccc5C)ccc5ccc2c3c54)cc1. The molecule has 0 aliphatic rings. The molecule has 0 aliphatic heterocycles. The van der Waals surface area contributed by atoms with Crippen molar-refractivity contribution in [2.24, 2.45) is 0 Å². The van der Waals surface area contributed by atoms with Crippen LogP contribution in [0.1, 0.15) is 33.4 Å². The highest BCUT2D eigenvalue weighted by molar-refractivity contribution is 6.28. The van der Waals surface area contributed by atoms with Crippen LogP contribution in [-0.4, -0.2) is 0 Å². The largest absolute Gasteiger partial charge is 0.310 e. The standard InChI is InChI=1S/C46H40N2/c1-29-9-19-37(20-10-29)47(43-27-31(3)7-13-33(43)5)41-25-17-35-16-24-40-42(26-18-36-15-23-39(41)45(35)46(36)40)48(38-21-11-30(2)12-22-38)44-28-32(4)8-14-34(44)6/h7-28H,1-6H3. The molecule has 0 saturated carbocycles. The van der Waals surface area contributed by atoms with Crippen LogP contribution in [0.4, 0.5) is 34.1 Å². The summed E-state index contributed by atoms with van der Waals surface area (Å²) in [6, 6.07) is 49.8. The zero-order chi connectivity index (χ0) is 33.1. The van der Waals surface area contributed by atoms with Crippen LogP contribution in [0.3, 0.4) is 0 Å². The lowest BCUT2D eigenvalue weighted by Crippen LogP contribution is -2.13. The summed E-state index contributed by atoms with van der Waals surface area (Å²) in [5.74, 6) is 0. The Kier molecular flexibility index (Phi) is 7.18. The van der Waals surface area contributed by atoms with Crippen molar-refractivity contribution in [3.63, 3.8) is 0 Å². The lowest BCUT2D eigenvalue weighted by Gasteiger charge is -2.31. The molecule has 0 saturated heterocycles. The van der Waals surface area contributed by atoms with Crippen molar-refractivity contribution in [3.8, 4) is 0 Å². The first-order chi connectivity index (χ1) is 23.3. The average molecular weight is 621 g/mol. The van der Waals surface area contributed by atoms with Crippen LogP contribution < -0.4 is 9.80 Å². The number of aryl methyl sites for hydroxylation is 6. The number of benzene rings is 8. The molecule has 8 aromatic carbocycles. The van der Waals surface area contributed by atoms with Gasteiger partial charge in [-0.3, -0.25) is 0 Å². The van der Waals surface area contributed by atoms with Crippen molar-refractivity contribution in [3.05, 3.63) is 167 Å². The van der Waals surface area contributed by atoms with E-state index in [9.17, 15) is 0 Å². The van der Waals surface area contributed by atoms with Crippen LogP contribution in [0.5, 0.6) is 0 Å². The number of hydrogen-bond donors (Lipinski definition) is 0. The molecule has 0 radical (unpaired) electrons. The van der Waals surface area contributed by atoms with E-state index in [0.29, 0.717) is 0 Å². The molecule has 0 spiro atoms. The predicted octanol–water partition coefficient (Wildman–Crippen LogP) is 13.4. The Morgan fingerprint density at radius 3 is 1.06 bits per heavy atom. The van der Waals surface area contributed by atoms with Crippen LogP contribution in [0.15, 0.2) is 133 Å². The van der Waals surface area contributed by atoms with Crippen LogP contribution in [0, 0.1) is 41.5 Å². The Bertz CT molecular complexity index is 2280. The van der Waals surface area contributed by atoms with E-state index in [4.69, 9.17) is 0 Å². The number of rotatable bonds is 6. The van der Waals surface area contributed by atoms with Gasteiger partial charge in [0.15, 0.2) is 0 Å². The fourth-order valence-corrected chi connectivity index (χ4v) is 7.28. The number of nitrogens with zero attached hydrogens (tertiary/aromatic N) is 2. The molecular weight excluding hydrogens is 581 g/mol. The quantitative estimate of drug-likeness (QED) is 0.171. The molecule has 0 aromatic heterocycles. The smallest absolute Gasteiger partial charge is 0.0540 e. The maximum absolute atomic E-state index is 2.45. The highest BCUT2D eigenvalue weighted by Gasteiger charge is 2.23. The van der Waals surface area contributed by atoms with E-state index in [1.54, 1.807) is 0 Å². The van der Waals surface area contributed by atoms with Crippen molar-refractivity contribution in [1.29, 1.82) is 0 Å². The number of anilines is 6. The monoisotopic (exact) mass is 620 g/mol. The van der Waals surface area contributed by atoms with Gasteiger partial charge in [-0.15, -0.1) is 0 Å². The van der Waals surface area contributed by atoms with Crippen LogP contribution in [0.2, 0.25) is 0 Å². The molecule has 8 rings (SSSR count). The Labute approximate surface area is 283 Å². The molecule has 0 amide bonds. The Morgan fingerprint density at radius 2 is 0.667 bits per heavy atom. The van der Waals surface area contributed by atoms with Crippen LogP contribution in [-0.2, 0) is 0 Å². The third-order valence-electron chi connectivity index (χ3n) is 9.90. The maximum atomic E-state index is 2.45. The molecule has 0 unspecified atom stereocenters. The normalized spacial score (nSPS) is 11.5. The van der Waals surface area contributed by atoms with Crippen molar-refractivity contribution in [2.45, 2.75) is 41.5 Å². The molecule has 234 valence electrons. The summed E-state index contributed by atoms with van der Waals surface area (Å²) >= 11 is 0. The zero-order valence-electron chi connectivity index (χ0n) is 28.6. The van der Waals surface area contributed by atoms with E-state index in [1.165, 1.54) is 88.4 Å². The number of hydrogen-bond acceptors (Lipinski definition) is 2. The molecule has 0 bridgehead atoms. The van der Waals surface area contributed by atoms with Crippen LogP contribution in [0.25, 0.3) is 32.3 Å². The zero-order valence-corrected chi connectivity index (χ0v) is 28.6. The highest BCUT2D eigenvalue weighted by atomic mass is 15.2. The lowest BCUT2D eigenvalue weighted by atomic mass is 9.91. The molecule has 2 heteroatoms. The molecular formula is C46H40N2. The van der Waals surface area contributed by atoms with Gasteiger partial charge < -0.3 is 9.80 Å². The van der Waals surface area contributed by atoms with E-state index < -0.39 is 0 Å². The van der Waals surface area contributed by atoms with Gasteiger partial charge in [0.1, 0.15) is 0 Å². The third-order valence-corrected chi connectivity index (χ3v) is 9.90. The van der Waals surface area contributed by atoms with Gasteiger partial charge in [0.05, 0.1) is 11.4 Å². The summed E-state index contributed by atoms with van der Waals surface area (Å²) in [5, 5.41) is 7.61. The topological polar surface area (TPSA) is 6.48 Å². The fourth-order valence-electron chi connectivity index (χ4n) is 7.28. The molecule has 0 N–H and O–H groups in total. The molecule has 2 nitrogen and oxygen atoms in total. The van der Waals surface area contributed by atoms with E-state index in [2.05, 4.69) is 185 Å². The van der Waals surface area contributed by atoms with Crippen LogP contribution >= 0.6 is 0 Å². The van der Waals surface area contributed by atoms with E-state index >= 15 is 0 Å². The van der Waals surface area contributed by atoms with E-state index in [1.807, 2.05) is 0 Å². The summed E-state index contributed by atoms with van der Waals surface area (Å²) in [6.07, 6.45) is 0. The van der Waals surface area contributed by atoms with Crippen molar-refractivity contribution >= 4 is 66.4 Å². The predicted molar refractivity (Wildman–Crippen MR) is 208 cm³/mol. The second-order valence-electron chi connectivity index (χ2n) is 13.5. The Morgan fingerprint density at radius 1 is 0.312 bits per heavy atom. The minimum atomic E-state index is 1.16. The summed E-state index contributed by atoms with van der Waals surface area (Å²) in [6.45, 7) is 13.1. The second kappa shape index (κ2) is 11.6. The Hall–Kier alpha value is -5.60. The van der Waals surface area contributed by atoms with Crippen molar-refractivity contribution in [1.82, 2.24) is 0 Å². The molecule has 0 fully saturated rings. The lowest BCUT2D eigenvalue weighted by molar-refractivity contribution is 1.24. The molecule has 48 heavy (non-hydrogen) atoms. The first-order valence-electron chi connectivity index (χ1n) is 16.9. The third kappa shape index (κ3) is 4.96. The maximum Gasteiger partial charge on any atom is 0.0540 e. The van der Waals surface area contributed by atoms with Gasteiger partial charge in [0.2, 0.25) is 0 Å². The minimum absolute atomic E-state index is 1.16. The first kappa shape index (κ1) is 29.8. The summed E-state index contributed by atoms with van der Waals surface area (Å²) in [4.78, 5) is 4.90. The molecule has 0 heterocycles. The molecule has 8 aromatic rings. The highest BCUT2D eigenvalue weighted by Crippen LogP contribution is 2.48. The van der Waals surface area contributed by atoms with E-state index in [-0.39, 0.29) is 0 Å². The van der Waals surface area contributed by atoms with Gasteiger partial charge >= 0.3 is 0 Å². The average Bonchev–Trinajstić information content (AvgIpc) is 3.09. The van der Waals surface area contributed by atoms with Gasteiger partial charge in [0, 0.05) is 33.5 Å². The summed E-state index contributed by atoms with van der Waals surface area (Å²) in [7, 11) is 0. The summed E-state index contributed by atoms with van der Waals surface area (Å²) in [5.41, 5.74) is 14.6. The molecule has 0 atom stereocenters. The minimum Gasteiger partial charge on any atom is -0.310 e. The summed E-state index contributed by atoms with van der Waals surface area (Å²) < 4.78 is 0. The van der Waals surface area contributed by atoms with Crippen molar-refractivity contribution in [2.75, 3.05) is 9.80 Å². The van der Waals surface area contributed by atoms with E-state index in [0.717, 1.165) is 11.4 Å². The second-order valence-corrected chi connectivity index (χ2v) is 13.5.